The third-order valence-corrected chi connectivity index (χ3v) is 3.38. The van der Waals surface area contributed by atoms with Crippen molar-refractivity contribution in [2.24, 2.45) is 0 Å². The van der Waals surface area contributed by atoms with E-state index in [1.807, 2.05) is 18.2 Å². The summed E-state index contributed by atoms with van der Waals surface area (Å²) in [6.45, 7) is 0.0608. The summed E-state index contributed by atoms with van der Waals surface area (Å²) in [5, 5.41) is 0. The number of Topliss-reactive ketones (excluding diaryl/α,β-unsaturated/α-hetero) is 1. The maximum Gasteiger partial charge on any atom is 0.417 e. The van der Waals surface area contributed by atoms with Crippen LogP contribution in [-0.2, 0) is 20.9 Å². The smallest absolute Gasteiger partial charge is 0.417 e. The summed E-state index contributed by atoms with van der Waals surface area (Å²) in [6.07, 6.45) is -0.321. The number of nitrogens with zero attached hydrogens (tertiary/aromatic N) is 1. The van der Waals surface area contributed by atoms with E-state index >= 15 is 0 Å². The molecule has 0 aromatic heterocycles. The first-order valence-electron chi connectivity index (χ1n) is 6.25. The minimum Gasteiger partial charge on any atom is -0.444 e. The molecule has 1 aromatic rings. The van der Waals surface area contributed by atoms with E-state index in [-0.39, 0.29) is 24.7 Å². The fourth-order valence-electron chi connectivity index (χ4n) is 2.10. The monoisotopic (exact) mass is 295 g/mol. The van der Waals surface area contributed by atoms with Gasteiger partial charge in [-0.3, -0.25) is 9.59 Å². The van der Waals surface area contributed by atoms with Crippen LogP contribution < -0.4 is 0 Å². The summed E-state index contributed by atoms with van der Waals surface area (Å²) < 4.78 is 5.08. The number of hydrogen-bond acceptors (Lipinski definition) is 4. The first-order valence-corrected chi connectivity index (χ1v) is 6.78. The van der Waals surface area contributed by atoms with E-state index in [9.17, 15) is 14.4 Å². The van der Waals surface area contributed by atoms with Gasteiger partial charge in [0, 0.05) is 6.42 Å². The minimum atomic E-state index is -0.792. The number of alkyl halides is 1. The van der Waals surface area contributed by atoms with Crippen LogP contribution in [0.15, 0.2) is 30.3 Å². The number of rotatable bonds is 4. The fourth-order valence-corrected chi connectivity index (χ4v) is 2.27. The van der Waals surface area contributed by atoms with Gasteiger partial charge in [0.15, 0.2) is 5.78 Å². The molecule has 6 heteroatoms. The van der Waals surface area contributed by atoms with Crippen LogP contribution in [0.2, 0.25) is 0 Å². The summed E-state index contributed by atoms with van der Waals surface area (Å²) in [6, 6.07) is 8.32. The van der Waals surface area contributed by atoms with Crippen LogP contribution in [0.4, 0.5) is 4.79 Å². The Morgan fingerprint density at radius 1 is 1.30 bits per heavy atom. The number of ether oxygens (including phenoxy) is 1. The molecule has 1 heterocycles. The molecule has 0 saturated carbocycles. The van der Waals surface area contributed by atoms with E-state index in [4.69, 9.17) is 16.3 Å². The van der Waals surface area contributed by atoms with Gasteiger partial charge in [-0.15, -0.1) is 11.6 Å². The van der Waals surface area contributed by atoms with Gasteiger partial charge in [0.1, 0.15) is 12.6 Å². The lowest BCUT2D eigenvalue weighted by Crippen LogP contribution is -2.43. The summed E-state index contributed by atoms with van der Waals surface area (Å²) in [5.41, 5.74) is 0.813. The Morgan fingerprint density at radius 2 is 2.00 bits per heavy atom. The average molecular weight is 296 g/mol. The molecule has 0 bridgehead atoms. The summed E-state index contributed by atoms with van der Waals surface area (Å²) in [5.74, 6) is -0.957. The second-order valence-electron chi connectivity index (χ2n) is 4.46. The Morgan fingerprint density at radius 3 is 2.65 bits per heavy atom. The maximum absolute atomic E-state index is 11.9. The Hall–Kier alpha value is -1.88. The number of ketones is 1. The molecule has 1 atom stereocenters. The molecule has 2 rings (SSSR count). The zero-order chi connectivity index (χ0) is 14.5. The molecule has 1 fully saturated rings. The summed E-state index contributed by atoms with van der Waals surface area (Å²) >= 11 is 5.48. The van der Waals surface area contributed by atoms with Crippen molar-refractivity contribution >= 4 is 29.4 Å². The Balaban J connectivity index is 2.00. The van der Waals surface area contributed by atoms with Crippen molar-refractivity contribution in [2.45, 2.75) is 25.5 Å². The van der Waals surface area contributed by atoms with Crippen LogP contribution in [0.3, 0.4) is 0 Å². The van der Waals surface area contributed by atoms with Crippen molar-refractivity contribution in [3.63, 3.8) is 0 Å². The van der Waals surface area contributed by atoms with E-state index in [0.29, 0.717) is 6.42 Å². The van der Waals surface area contributed by atoms with Gasteiger partial charge in [0.2, 0.25) is 5.91 Å². The van der Waals surface area contributed by atoms with Crippen LogP contribution in [0.25, 0.3) is 0 Å². The van der Waals surface area contributed by atoms with E-state index in [1.165, 1.54) is 0 Å². The molecular weight excluding hydrogens is 282 g/mol. The van der Waals surface area contributed by atoms with Crippen molar-refractivity contribution < 1.29 is 19.1 Å². The Bertz CT molecular complexity index is 517. The lowest BCUT2D eigenvalue weighted by molar-refractivity contribution is -0.131. The third-order valence-electron chi connectivity index (χ3n) is 3.12. The zero-order valence-corrected chi connectivity index (χ0v) is 11.5. The summed E-state index contributed by atoms with van der Waals surface area (Å²) in [4.78, 5) is 36.1. The van der Waals surface area contributed by atoms with Gasteiger partial charge >= 0.3 is 6.09 Å². The topological polar surface area (TPSA) is 63.7 Å². The van der Waals surface area contributed by atoms with Crippen molar-refractivity contribution in [3.05, 3.63) is 35.9 Å². The van der Waals surface area contributed by atoms with E-state index in [2.05, 4.69) is 0 Å². The highest BCUT2D eigenvalue weighted by molar-refractivity contribution is 6.28. The number of imide groups is 1. The number of halogens is 1. The van der Waals surface area contributed by atoms with Gasteiger partial charge < -0.3 is 4.74 Å². The van der Waals surface area contributed by atoms with Gasteiger partial charge in [-0.05, 0) is 12.0 Å². The molecule has 0 aliphatic carbocycles. The van der Waals surface area contributed by atoms with Crippen LogP contribution in [0.1, 0.15) is 18.4 Å². The second kappa shape index (κ2) is 6.52. The lowest BCUT2D eigenvalue weighted by atomic mass is 10.1. The van der Waals surface area contributed by atoms with Crippen molar-refractivity contribution in [2.75, 3.05) is 5.88 Å². The van der Waals surface area contributed by atoms with E-state index < -0.39 is 18.0 Å². The molecule has 20 heavy (non-hydrogen) atoms. The number of carbonyl (C=O) groups is 3. The van der Waals surface area contributed by atoms with E-state index in [1.54, 1.807) is 12.1 Å². The molecule has 2 amide bonds. The molecule has 1 saturated heterocycles. The highest BCUT2D eigenvalue weighted by Gasteiger charge is 2.40. The fraction of sp³-hybridized carbons (Fsp3) is 0.357. The molecule has 1 aliphatic heterocycles. The third kappa shape index (κ3) is 3.17. The minimum absolute atomic E-state index is 0.0608. The normalized spacial score (nSPS) is 18.1. The molecule has 106 valence electrons. The van der Waals surface area contributed by atoms with Gasteiger partial charge in [0.25, 0.3) is 0 Å². The quantitative estimate of drug-likeness (QED) is 0.798. The van der Waals surface area contributed by atoms with Crippen molar-refractivity contribution in [1.82, 2.24) is 4.90 Å². The molecular formula is C14H14ClNO4. The van der Waals surface area contributed by atoms with Crippen LogP contribution in [0, 0.1) is 0 Å². The Labute approximate surface area is 121 Å². The highest BCUT2D eigenvalue weighted by atomic mass is 35.5. The predicted molar refractivity (Wildman–Crippen MR) is 72.2 cm³/mol. The van der Waals surface area contributed by atoms with Gasteiger partial charge in [-0.25, -0.2) is 9.69 Å². The standard InChI is InChI=1S/C14H14ClNO4/c15-8-12(17)11-6-7-13(18)16(11)14(19)20-9-10-4-2-1-3-5-10/h1-5,11H,6-9H2/t11-/m0/s1. The van der Waals surface area contributed by atoms with Gasteiger partial charge in [-0.1, -0.05) is 30.3 Å². The predicted octanol–water partition coefficient (Wildman–Crippen LogP) is 2.12. The first kappa shape index (κ1) is 14.5. The number of likely N-dealkylation sites (tertiary alicyclic amines) is 1. The number of hydrogen-bond donors (Lipinski definition) is 0. The maximum atomic E-state index is 11.9. The molecule has 1 aliphatic rings. The van der Waals surface area contributed by atoms with Gasteiger partial charge in [0.05, 0.1) is 5.88 Å². The SMILES string of the molecule is O=C(CCl)[C@@H]1CCC(=O)N1C(=O)OCc1ccccc1. The number of carbonyl (C=O) groups excluding carboxylic acids is 3. The first-order chi connectivity index (χ1) is 9.63. The number of benzene rings is 1. The largest absolute Gasteiger partial charge is 0.444 e. The van der Waals surface area contributed by atoms with Crippen molar-refractivity contribution in [1.29, 1.82) is 0 Å². The lowest BCUT2D eigenvalue weighted by Gasteiger charge is -2.20. The molecule has 0 N–H and O–H groups in total. The Kier molecular flexibility index (Phi) is 4.74. The van der Waals surface area contributed by atoms with Crippen molar-refractivity contribution in [3.8, 4) is 0 Å². The highest BCUT2D eigenvalue weighted by Crippen LogP contribution is 2.21. The number of amides is 2. The zero-order valence-electron chi connectivity index (χ0n) is 10.8. The summed E-state index contributed by atoms with van der Waals surface area (Å²) in [7, 11) is 0. The van der Waals surface area contributed by atoms with Crippen LogP contribution >= 0.6 is 11.6 Å². The average Bonchev–Trinajstić information content (AvgIpc) is 2.87. The molecule has 5 nitrogen and oxygen atoms in total. The van der Waals surface area contributed by atoms with Crippen LogP contribution in [0.5, 0.6) is 0 Å². The van der Waals surface area contributed by atoms with E-state index in [0.717, 1.165) is 10.5 Å². The van der Waals surface area contributed by atoms with Gasteiger partial charge in [-0.2, -0.15) is 0 Å². The molecule has 0 radical (unpaired) electrons. The van der Waals surface area contributed by atoms with Crippen LogP contribution in [-0.4, -0.2) is 34.6 Å². The molecule has 0 unspecified atom stereocenters. The second-order valence-corrected chi connectivity index (χ2v) is 4.73. The molecule has 1 aromatic carbocycles. The molecule has 0 spiro atoms.